The second kappa shape index (κ2) is 7.42. The van der Waals surface area contributed by atoms with Crippen LogP contribution in [-0.2, 0) is 9.59 Å². The van der Waals surface area contributed by atoms with E-state index in [1.165, 1.54) is 19.3 Å². The first-order valence-corrected chi connectivity index (χ1v) is 12.1. The largest absolute Gasteiger partial charge is 0.486 e. The fraction of sp³-hybridized carbons (Fsp3) is 0.680. The average molecular weight is 425 g/mol. The van der Waals surface area contributed by atoms with Crippen LogP contribution in [0.2, 0.25) is 0 Å². The quantitative estimate of drug-likeness (QED) is 0.806. The van der Waals surface area contributed by atoms with Crippen LogP contribution in [0.5, 0.6) is 11.5 Å². The summed E-state index contributed by atoms with van der Waals surface area (Å²) in [5.41, 5.74) is -0.179. The molecular formula is C25H32N2O4. The fourth-order valence-electron chi connectivity index (χ4n) is 7.46. The third-order valence-electron chi connectivity index (χ3n) is 8.38. The molecule has 1 aromatic carbocycles. The number of carbonyl (C=O) groups is 2. The second-order valence-electron chi connectivity index (χ2n) is 10.6. The summed E-state index contributed by atoms with van der Waals surface area (Å²) < 4.78 is 11.7. The Morgan fingerprint density at radius 1 is 1.03 bits per heavy atom. The first-order chi connectivity index (χ1) is 15.1. The molecule has 0 radical (unpaired) electrons. The summed E-state index contributed by atoms with van der Waals surface area (Å²) in [7, 11) is 0. The van der Waals surface area contributed by atoms with E-state index in [-0.39, 0.29) is 29.4 Å². The number of likely N-dealkylation sites (tertiary alicyclic amines) is 1. The molecule has 31 heavy (non-hydrogen) atoms. The molecule has 7 rings (SSSR count). The van der Waals surface area contributed by atoms with Crippen LogP contribution in [0.1, 0.15) is 51.4 Å². The number of hydrogen-bond donors (Lipinski definition) is 1. The van der Waals surface area contributed by atoms with Gasteiger partial charge in [-0.15, -0.1) is 0 Å². The second-order valence-corrected chi connectivity index (χ2v) is 10.6. The number of carbonyl (C=O) groups excluding carboxylic acids is 2. The molecule has 4 aliphatic carbocycles. The SMILES string of the molecule is O=C(NCC1COc2ccccc2O1)C1CCCN1C(=O)C12CC3CC(CC(C3)C1)C2. The van der Waals surface area contributed by atoms with Gasteiger partial charge in [-0.25, -0.2) is 0 Å². The van der Waals surface area contributed by atoms with Crippen LogP contribution in [0, 0.1) is 23.2 Å². The van der Waals surface area contributed by atoms with Gasteiger partial charge in [0.15, 0.2) is 11.5 Å². The maximum absolute atomic E-state index is 13.8. The number of nitrogens with zero attached hydrogens (tertiary/aromatic N) is 1. The monoisotopic (exact) mass is 424 g/mol. The minimum Gasteiger partial charge on any atom is -0.486 e. The zero-order chi connectivity index (χ0) is 21.0. The molecule has 2 amide bonds. The molecule has 1 aromatic rings. The normalized spacial score (nSPS) is 37.7. The third kappa shape index (κ3) is 3.39. The number of nitrogens with one attached hydrogen (secondary N) is 1. The lowest BCUT2D eigenvalue weighted by Gasteiger charge is -2.56. The van der Waals surface area contributed by atoms with E-state index in [0.717, 1.165) is 62.2 Å². The summed E-state index contributed by atoms with van der Waals surface area (Å²) in [5, 5.41) is 3.05. The lowest BCUT2D eigenvalue weighted by molar-refractivity contribution is -0.160. The summed E-state index contributed by atoms with van der Waals surface area (Å²) in [4.78, 5) is 28.8. The summed E-state index contributed by atoms with van der Waals surface area (Å²) in [6.07, 6.45) is 8.57. The summed E-state index contributed by atoms with van der Waals surface area (Å²) in [5.74, 6) is 3.89. The van der Waals surface area contributed by atoms with Crippen molar-refractivity contribution in [3.05, 3.63) is 24.3 Å². The van der Waals surface area contributed by atoms with Crippen LogP contribution in [0.3, 0.4) is 0 Å². The highest BCUT2D eigenvalue weighted by Crippen LogP contribution is 2.60. The molecule has 5 fully saturated rings. The van der Waals surface area contributed by atoms with E-state index >= 15 is 0 Å². The van der Waals surface area contributed by atoms with E-state index < -0.39 is 0 Å². The first kappa shape index (κ1) is 19.4. The molecule has 1 N–H and O–H groups in total. The van der Waals surface area contributed by atoms with Crippen LogP contribution >= 0.6 is 0 Å². The van der Waals surface area contributed by atoms with Gasteiger partial charge in [-0.2, -0.15) is 0 Å². The molecule has 6 aliphatic rings. The van der Waals surface area contributed by atoms with Gasteiger partial charge in [0, 0.05) is 6.54 Å². The summed E-state index contributed by atoms with van der Waals surface area (Å²) in [6, 6.07) is 7.26. The van der Waals surface area contributed by atoms with Crippen LogP contribution in [-0.4, -0.2) is 48.6 Å². The summed E-state index contributed by atoms with van der Waals surface area (Å²) >= 11 is 0. The lowest BCUT2D eigenvalue weighted by Crippen LogP contribution is -2.57. The van der Waals surface area contributed by atoms with Crippen molar-refractivity contribution in [3.63, 3.8) is 0 Å². The maximum Gasteiger partial charge on any atom is 0.242 e. The van der Waals surface area contributed by atoms with Crippen molar-refractivity contribution < 1.29 is 19.1 Å². The van der Waals surface area contributed by atoms with E-state index in [9.17, 15) is 9.59 Å². The highest BCUT2D eigenvalue weighted by Gasteiger charge is 2.56. The number of ether oxygens (including phenoxy) is 2. The zero-order valence-corrected chi connectivity index (χ0v) is 18.1. The van der Waals surface area contributed by atoms with Crippen molar-refractivity contribution in [2.75, 3.05) is 19.7 Å². The number of amides is 2. The minimum absolute atomic E-state index is 0.0435. The van der Waals surface area contributed by atoms with Gasteiger partial charge < -0.3 is 19.7 Å². The standard InChI is InChI=1S/C25H32N2O4/c28-23(26-14-19-15-30-21-5-1-2-6-22(21)31-19)20-4-3-7-27(20)24(29)25-11-16-8-17(12-25)10-18(9-16)13-25/h1-2,5-6,16-20H,3-4,7-15H2,(H,26,28). The van der Waals surface area contributed by atoms with Gasteiger partial charge in [-0.3, -0.25) is 9.59 Å². The zero-order valence-electron chi connectivity index (χ0n) is 18.1. The molecule has 4 bridgehead atoms. The van der Waals surface area contributed by atoms with Crippen molar-refractivity contribution in [3.8, 4) is 11.5 Å². The van der Waals surface area contributed by atoms with Gasteiger partial charge >= 0.3 is 0 Å². The topological polar surface area (TPSA) is 67.9 Å². The fourth-order valence-corrected chi connectivity index (χ4v) is 7.46. The van der Waals surface area contributed by atoms with E-state index in [4.69, 9.17) is 9.47 Å². The van der Waals surface area contributed by atoms with E-state index in [1.54, 1.807) is 0 Å². The van der Waals surface area contributed by atoms with Crippen molar-refractivity contribution in [2.45, 2.75) is 63.5 Å². The average Bonchev–Trinajstić information content (AvgIpc) is 3.26. The van der Waals surface area contributed by atoms with Gasteiger partial charge in [0.1, 0.15) is 18.8 Å². The number of para-hydroxylation sites is 2. The highest BCUT2D eigenvalue weighted by atomic mass is 16.6. The van der Waals surface area contributed by atoms with Gasteiger partial charge in [-0.1, -0.05) is 12.1 Å². The van der Waals surface area contributed by atoms with Crippen molar-refractivity contribution in [1.82, 2.24) is 10.2 Å². The molecule has 1 saturated heterocycles. The molecule has 2 heterocycles. The van der Waals surface area contributed by atoms with Gasteiger partial charge in [-0.05, 0) is 81.3 Å². The Hall–Kier alpha value is -2.24. The molecule has 166 valence electrons. The third-order valence-corrected chi connectivity index (χ3v) is 8.38. The van der Waals surface area contributed by atoms with Gasteiger partial charge in [0.05, 0.1) is 12.0 Å². The Balaban J connectivity index is 1.09. The molecular weight excluding hydrogens is 392 g/mol. The molecule has 2 unspecified atom stereocenters. The van der Waals surface area contributed by atoms with E-state index in [1.807, 2.05) is 29.2 Å². The van der Waals surface area contributed by atoms with E-state index in [0.29, 0.717) is 18.9 Å². The summed E-state index contributed by atoms with van der Waals surface area (Å²) in [6.45, 7) is 1.52. The van der Waals surface area contributed by atoms with Crippen molar-refractivity contribution in [1.29, 1.82) is 0 Å². The Morgan fingerprint density at radius 2 is 1.71 bits per heavy atom. The first-order valence-electron chi connectivity index (χ1n) is 12.1. The van der Waals surface area contributed by atoms with Crippen LogP contribution in [0.4, 0.5) is 0 Å². The van der Waals surface area contributed by atoms with Crippen LogP contribution < -0.4 is 14.8 Å². The molecule has 2 atom stereocenters. The number of fused-ring (bicyclic) bond motifs is 1. The minimum atomic E-state index is -0.336. The highest BCUT2D eigenvalue weighted by molar-refractivity contribution is 5.91. The maximum atomic E-state index is 13.8. The van der Waals surface area contributed by atoms with E-state index in [2.05, 4.69) is 5.32 Å². The Morgan fingerprint density at radius 3 is 2.42 bits per heavy atom. The van der Waals surface area contributed by atoms with Crippen molar-refractivity contribution >= 4 is 11.8 Å². The molecule has 6 heteroatoms. The molecule has 0 spiro atoms. The Kier molecular flexibility index (Phi) is 4.65. The molecule has 6 nitrogen and oxygen atoms in total. The van der Waals surface area contributed by atoms with Gasteiger partial charge in [0.2, 0.25) is 11.8 Å². The molecule has 4 saturated carbocycles. The van der Waals surface area contributed by atoms with Crippen LogP contribution in [0.25, 0.3) is 0 Å². The Bertz CT molecular complexity index is 849. The van der Waals surface area contributed by atoms with Crippen LogP contribution in [0.15, 0.2) is 24.3 Å². The van der Waals surface area contributed by atoms with Gasteiger partial charge in [0.25, 0.3) is 0 Å². The predicted molar refractivity (Wildman–Crippen MR) is 115 cm³/mol. The number of rotatable bonds is 4. The predicted octanol–water partition coefficient (Wildman–Crippen LogP) is 3.15. The Labute approximate surface area is 183 Å². The smallest absolute Gasteiger partial charge is 0.242 e. The lowest BCUT2D eigenvalue weighted by atomic mass is 9.49. The number of hydrogen-bond acceptors (Lipinski definition) is 4. The molecule has 2 aliphatic heterocycles. The number of benzene rings is 1. The molecule has 0 aromatic heterocycles. The van der Waals surface area contributed by atoms with Crippen molar-refractivity contribution in [2.24, 2.45) is 23.2 Å².